The zero-order chi connectivity index (χ0) is 7.56. The molecule has 0 aromatic carbocycles. The van der Waals surface area contributed by atoms with Crippen molar-refractivity contribution in [2.24, 2.45) is 11.7 Å². The summed E-state index contributed by atoms with van der Waals surface area (Å²) in [6.45, 7) is 2.08. The van der Waals surface area contributed by atoms with E-state index in [-0.39, 0.29) is 12.1 Å². The van der Waals surface area contributed by atoms with Crippen LogP contribution in [0.2, 0.25) is 0 Å². The van der Waals surface area contributed by atoms with Crippen molar-refractivity contribution >= 4 is 0 Å². The van der Waals surface area contributed by atoms with E-state index in [9.17, 15) is 5.11 Å². The maximum atomic E-state index is 9.41. The van der Waals surface area contributed by atoms with E-state index in [0.717, 1.165) is 25.7 Å². The van der Waals surface area contributed by atoms with Gasteiger partial charge in [0, 0.05) is 6.04 Å². The van der Waals surface area contributed by atoms with Gasteiger partial charge in [0.05, 0.1) is 6.10 Å². The quantitative estimate of drug-likeness (QED) is 0.603. The molecule has 2 nitrogen and oxygen atoms in total. The first-order chi connectivity index (χ1) is 4.75. The first kappa shape index (κ1) is 8.02. The normalized spacial score (nSPS) is 36.3. The van der Waals surface area contributed by atoms with Gasteiger partial charge in [-0.3, -0.25) is 0 Å². The standard InChI is InChI=1S/C8H17NO/c1-2-7(9)6-4-3-5-8(6)10/h6-8,10H,2-5,9H2,1H3/t6-,7+,8-/m1/s1. The average Bonchev–Trinajstić information content (AvgIpc) is 2.34. The molecule has 0 amide bonds. The van der Waals surface area contributed by atoms with Crippen LogP contribution in [-0.4, -0.2) is 17.3 Å². The third-order valence-electron chi connectivity index (χ3n) is 2.55. The fourth-order valence-electron chi connectivity index (χ4n) is 1.77. The van der Waals surface area contributed by atoms with Crippen LogP contribution < -0.4 is 5.73 Å². The van der Waals surface area contributed by atoms with Crippen LogP contribution in [0.4, 0.5) is 0 Å². The fourth-order valence-corrected chi connectivity index (χ4v) is 1.77. The van der Waals surface area contributed by atoms with Gasteiger partial charge in [-0.1, -0.05) is 13.3 Å². The number of hydrogen-bond acceptors (Lipinski definition) is 2. The molecule has 3 atom stereocenters. The Morgan fingerprint density at radius 1 is 1.60 bits per heavy atom. The van der Waals surface area contributed by atoms with Crippen molar-refractivity contribution in [3.05, 3.63) is 0 Å². The number of rotatable bonds is 2. The molecule has 1 rings (SSSR count). The second-order valence-corrected chi connectivity index (χ2v) is 3.23. The Labute approximate surface area is 62.4 Å². The highest BCUT2D eigenvalue weighted by Crippen LogP contribution is 2.28. The Kier molecular flexibility index (Phi) is 2.69. The lowest BCUT2D eigenvalue weighted by atomic mass is 9.95. The topological polar surface area (TPSA) is 46.2 Å². The molecular weight excluding hydrogens is 126 g/mol. The molecule has 1 aliphatic rings. The van der Waals surface area contributed by atoms with E-state index < -0.39 is 0 Å². The first-order valence-corrected chi connectivity index (χ1v) is 4.19. The van der Waals surface area contributed by atoms with Crippen LogP contribution in [0.3, 0.4) is 0 Å². The van der Waals surface area contributed by atoms with Crippen molar-refractivity contribution in [1.82, 2.24) is 0 Å². The van der Waals surface area contributed by atoms with Gasteiger partial charge >= 0.3 is 0 Å². The molecule has 0 aromatic heterocycles. The molecule has 60 valence electrons. The Bertz CT molecular complexity index is 105. The van der Waals surface area contributed by atoms with Crippen molar-refractivity contribution in [2.75, 3.05) is 0 Å². The highest BCUT2D eigenvalue weighted by molar-refractivity contribution is 4.83. The first-order valence-electron chi connectivity index (χ1n) is 4.19. The summed E-state index contributed by atoms with van der Waals surface area (Å²) in [4.78, 5) is 0. The van der Waals surface area contributed by atoms with Gasteiger partial charge in [-0.25, -0.2) is 0 Å². The van der Waals surface area contributed by atoms with Crippen LogP contribution in [0, 0.1) is 5.92 Å². The maximum absolute atomic E-state index is 9.41. The van der Waals surface area contributed by atoms with Crippen molar-refractivity contribution in [3.63, 3.8) is 0 Å². The van der Waals surface area contributed by atoms with Crippen molar-refractivity contribution in [2.45, 2.75) is 44.8 Å². The van der Waals surface area contributed by atoms with Gasteiger partial charge in [0.15, 0.2) is 0 Å². The summed E-state index contributed by atoms with van der Waals surface area (Å²) in [6.07, 6.45) is 4.10. The average molecular weight is 143 g/mol. The number of aliphatic hydroxyl groups is 1. The van der Waals surface area contributed by atoms with Gasteiger partial charge in [0.25, 0.3) is 0 Å². The van der Waals surface area contributed by atoms with E-state index in [0.29, 0.717) is 5.92 Å². The summed E-state index contributed by atoms with van der Waals surface area (Å²) in [5, 5.41) is 9.41. The molecule has 0 aromatic rings. The third-order valence-corrected chi connectivity index (χ3v) is 2.55. The van der Waals surface area contributed by atoms with Gasteiger partial charge in [0.2, 0.25) is 0 Å². The molecular formula is C8H17NO. The summed E-state index contributed by atoms with van der Waals surface area (Å²) in [6, 6.07) is 0.220. The molecule has 1 aliphatic carbocycles. The molecule has 10 heavy (non-hydrogen) atoms. The van der Waals surface area contributed by atoms with Gasteiger partial charge in [0.1, 0.15) is 0 Å². The summed E-state index contributed by atoms with van der Waals surface area (Å²) >= 11 is 0. The molecule has 0 unspecified atom stereocenters. The second-order valence-electron chi connectivity index (χ2n) is 3.23. The van der Waals surface area contributed by atoms with Crippen LogP contribution in [0.1, 0.15) is 32.6 Å². The molecule has 0 radical (unpaired) electrons. The second kappa shape index (κ2) is 3.35. The van der Waals surface area contributed by atoms with E-state index >= 15 is 0 Å². The smallest absolute Gasteiger partial charge is 0.0583 e. The summed E-state index contributed by atoms with van der Waals surface area (Å²) in [5.41, 5.74) is 5.81. The van der Waals surface area contributed by atoms with E-state index in [1.165, 1.54) is 0 Å². The molecule has 1 saturated carbocycles. The van der Waals surface area contributed by atoms with Crippen molar-refractivity contribution in [1.29, 1.82) is 0 Å². The molecule has 3 N–H and O–H groups in total. The molecule has 0 bridgehead atoms. The van der Waals surface area contributed by atoms with Crippen molar-refractivity contribution in [3.8, 4) is 0 Å². The van der Waals surface area contributed by atoms with Crippen LogP contribution in [0.15, 0.2) is 0 Å². The van der Waals surface area contributed by atoms with Gasteiger partial charge in [-0.05, 0) is 25.2 Å². The van der Waals surface area contributed by atoms with E-state index in [2.05, 4.69) is 6.92 Å². The molecule has 0 aliphatic heterocycles. The Balaban J connectivity index is 2.38. The number of aliphatic hydroxyl groups excluding tert-OH is 1. The zero-order valence-corrected chi connectivity index (χ0v) is 6.59. The maximum Gasteiger partial charge on any atom is 0.0583 e. The molecule has 0 saturated heterocycles. The van der Waals surface area contributed by atoms with Crippen molar-refractivity contribution < 1.29 is 5.11 Å². The Morgan fingerprint density at radius 3 is 2.70 bits per heavy atom. The zero-order valence-electron chi connectivity index (χ0n) is 6.59. The highest BCUT2D eigenvalue weighted by atomic mass is 16.3. The number of nitrogens with two attached hydrogens (primary N) is 1. The van der Waals surface area contributed by atoms with Crippen LogP contribution in [-0.2, 0) is 0 Å². The summed E-state index contributed by atoms with van der Waals surface area (Å²) < 4.78 is 0. The van der Waals surface area contributed by atoms with Crippen LogP contribution in [0.25, 0.3) is 0 Å². The SMILES string of the molecule is CC[C@H](N)[C@H]1CCC[C@H]1O. The van der Waals surface area contributed by atoms with Crippen LogP contribution >= 0.6 is 0 Å². The van der Waals surface area contributed by atoms with Gasteiger partial charge in [-0.2, -0.15) is 0 Å². The Hall–Kier alpha value is -0.0800. The highest BCUT2D eigenvalue weighted by Gasteiger charge is 2.28. The lowest BCUT2D eigenvalue weighted by molar-refractivity contribution is 0.117. The molecule has 0 spiro atoms. The van der Waals surface area contributed by atoms with Gasteiger partial charge in [-0.15, -0.1) is 0 Å². The largest absolute Gasteiger partial charge is 0.393 e. The minimum atomic E-state index is -0.116. The monoisotopic (exact) mass is 143 g/mol. The molecule has 1 fully saturated rings. The predicted molar refractivity (Wildman–Crippen MR) is 41.6 cm³/mol. The predicted octanol–water partition coefficient (Wildman–Crippen LogP) is 0.885. The van der Waals surface area contributed by atoms with E-state index in [4.69, 9.17) is 5.73 Å². The van der Waals surface area contributed by atoms with Crippen LogP contribution in [0.5, 0.6) is 0 Å². The third kappa shape index (κ3) is 1.50. The Morgan fingerprint density at radius 2 is 2.30 bits per heavy atom. The van der Waals surface area contributed by atoms with Gasteiger partial charge < -0.3 is 10.8 Å². The minimum Gasteiger partial charge on any atom is -0.393 e. The minimum absolute atomic E-state index is 0.116. The number of hydrogen-bond donors (Lipinski definition) is 2. The summed E-state index contributed by atoms with van der Waals surface area (Å²) in [7, 11) is 0. The van der Waals surface area contributed by atoms with E-state index in [1.807, 2.05) is 0 Å². The van der Waals surface area contributed by atoms with E-state index in [1.54, 1.807) is 0 Å². The lowest BCUT2D eigenvalue weighted by Gasteiger charge is -2.20. The fraction of sp³-hybridized carbons (Fsp3) is 1.00. The molecule has 0 heterocycles. The summed E-state index contributed by atoms with van der Waals surface area (Å²) in [5.74, 6) is 0.380. The molecule has 2 heteroatoms. The lowest BCUT2D eigenvalue weighted by Crippen LogP contribution is -2.34.